The molecule has 0 spiro atoms. The molecule has 0 aromatic heterocycles. The third kappa shape index (κ3) is 6.17. The SMILES string of the molecule is Cc1cccc(CS(=O)(=O)N2CCC(C(=O)Nc3ccccc3C(=O)NC(C)C)CC2)c1. The fourth-order valence-electron chi connectivity index (χ4n) is 3.86. The zero-order chi connectivity index (χ0) is 23.3. The summed E-state index contributed by atoms with van der Waals surface area (Å²) in [5.41, 5.74) is 2.66. The summed E-state index contributed by atoms with van der Waals surface area (Å²) in [6, 6.07) is 14.4. The van der Waals surface area contributed by atoms with Gasteiger partial charge in [0, 0.05) is 25.0 Å². The van der Waals surface area contributed by atoms with E-state index in [0.29, 0.717) is 37.2 Å². The Kier molecular flexibility index (Phi) is 7.69. The van der Waals surface area contributed by atoms with Gasteiger partial charge in [-0.1, -0.05) is 42.0 Å². The molecule has 2 aromatic carbocycles. The van der Waals surface area contributed by atoms with Crippen LogP contribution >= 0.6 is 0 Å². The van der Waals surface area contributed by atoms with E-state index in [2.05, 4.69) is 10.6 Å². The molecule has 1 fully saturated rings. The fraction of sp³-hybridized carbons (Fsp3) is 0.417. The molecule has 2 amide bonds. The second-order valence-electron chi connectivity index (χ2n) is 8.58. The zero-order valence-electron chi connectivity index (χ0n) is 18.8. The number of carbonyl (C=O) groups excluding carboxylic acids is 2. The summed E-state index contributed by atoms with van der Waals surface area (Å²) in [6.45, 7) is 6.30. The van der Waals surface area contributed by atoms with Crippen molar-refractivity contribution in [2.45, 2.75) is 45.4 Å². The maximum absolute atomic E-state index is 12.8. The molecule has 0 atom stereocenters. The van der Waals surface area contributed by atoms with Crippen LogP contribution in [0.5, 0.6) is 0 Å². The van der Waals surface area contributed by atoms with Gasteiger partial charge >= 0.3 is 0 Å². The van der Waals surface area contributed by atoms with Gasteiger partial charge in [0.05, 0.1) is 17.0 Å². The maximum atomic E-state index is 12.8. The molecule has 2 aromatic rings. The molecule has 1 saturated heterocycles. The van der Waals surface area contributed by atoms with Gasteiger partial charge in [0.1, 0.15) is 0 Å². The molecule has 8 heteroatoms. The molecule has 3 rings (SSSR count). The maximum Gasteiger partial charge on any atom is 0.253 e. The van der Waals surface area contributed by atoms with E-state index in [9.17, 15) is 18.0 Å². The lowest BCUT2D eigenvalue weighted by Gasteiger charge is -2.30. The highest BCUT2D eigenvalue weighted by Gasteiger charge is 2.31. The average Bonchev–Trinajstić information content (AvgIpc) is 2.73. The van der Waals surface area contributed by atoms with Crippen LogP contribution in [0.15, 0.2) is 48.5 Å². The Balaban J connectivity index is 1.60. The van der Waals surface area contributed by atoms with E-state index in [4.69, 9.17) is 0 Å². The summed E-state index contributed by atoms with van der Waals surface area (Å²) in [5, 5.41) is 5.70. The van der Waals surface area contributed by atoms with E-state index in [1.54, 1.807) is 24.3 Å². The molecule has 0 unspecified atom stereocenters. The minimum Gasteiger partial charge on any atom is -0.350 e. The zero-order valence-corrected chi connectivity index (χ0v) is 19.6. The van der Waals surface area contributed by atoms with Crippen molar-refractivity contribution in [1.29, 1.82) is 0 Å². The summed E-state index contributed by atoms with van der Waals surface area (Å²) >= 11 is 0. The summed E-state index contributed by atoms with van der Waals surface area (Å²) < 4.78 is 27.1. The van der Waals surface area contributed by atoms with Gasteiger partial charge in [0.15, 0.2) is 0 Å². The van der Waals surface area contributed by atoms with E-state index < -0.39 is 10.0 Å². The van der Waals surface area contributed by atoms with Gasteiger partial charge in [0.25, 0.3) is 5.91 Å². The van der Waals surface area contributed by atoms with Gasteiger partial charge in [-0.15, -0.1) is 0 Å². The molecule has 32 heavy (non-hydrogen) atoms. The van der Waals surface area contributed by atoms with Crippen LogP contribution in [0.4, 0.5) is 5.69 Å². The van der Waals surface area contributed by atoms with Crippen molar-refractivity contribution >= 4 is 27.5 Å². The average molecular weight is 458 g/mol. The van der Waals surface area contributed by atoms with Crippen LogP contribution in [0.2, 0.25) is 0 Å². The number of amides is 2. The Hall–Kier alpha value is -2.71. The van der Waals surface area contributed by atoms with Crippen molar-refractivity contribution in [3.8, 4) is 0 Å². The van der Waals surface area contributed by atoms with Crippen LogP contribution in [0.25, 0.3) is 0 Å². The smallest absolute Gasteiger partial charge is 0.253 e. The third-order valence-corrected chi connectivity index (χ3v) is 7.35. The van der Waals surface area contributed by atoms with Crippen molar-refractivity contribution in [2.24, 2.45) is 5.92 Å². The summed E-state index contributed by atoms with van der Waals surface area (Å²) in [7, 11) is -3.44. The van der Waals surface area contributed by atoms with Crippen LogP contribution < -0.4 is 10.6 Å². The molecule has 0 aliphatic carbocycles. The highest BCUT2D eigenvalue weighted by Crippen LogP contribution is 2.24. The molecular weight excluding hydrogens is 426 g/mol. The lowest BCUT2D eigenvalue weighted by molar-refractivity contribution is -0.120. The second kappa shape index (κ2) is 10.3. The monoisotopic (exact) mass is 457 g/mol. The van der Waals surface area contributed by atoms with E-state index in [1.165, 1.54) is 4.31 Å². The predicted octanol–water partition coefficient (Wildman–Crippen LogP) is 3.31. The van der Waals surface area contributed by atoms with Crippen molar-refractivity contribution in [1.82, 2.24) is 9.62 Å². The lowest BCUT2D eigenvalue weighted by atomic mass is 9.97. The van der Waals surface area contributed by atoms with Crippen molar-refractivity contribution < 1.29 is 18.0 Å². The molecule has 1 heterocycles. The first-order valence-corrected chi connectivity index (χ1v) is 12.5. The summed E-state index contributed by atoms with van der Waals surface area (Å²) in [4.78, 5) is 25.3. The van der Waals surface area contributed by atoms with Gasteiger partial charge in [-0.3, -0.25) is 9.59 Å². The molecule has 1 aliphatic heterocycles. The molecule has 0 bridgehead atoms. The number of hydrogen-bond donors (Lipinski definition) is 2. The second-order valence-corrected chi connectivity index (χ2v) is 10.6. The quantitative estimate of drug-likeness (QED) is 0.667. The molecule has 172 valence electrons. The van der Waals surface area contributed by atoms with Crippen LogP contribution in [0, 0.1) is 12.8 Å². The van der Waals surface area contributed by atoms with Crippen molar-refractivity contribution in [3.63, 3.8) is 0 Å². The van der Waals surface area contributed by atoms with Gasteiger partial charge in [-0.05, 0) is 51.3 Å². The Morgan fingerprint density at radius 1 is 1.06 bits per heavy atom. The lowest BCUT2D eigenvalue weighted by Crippen LogP contribution is -2.42. The molecular formula is C24H31N3O4S. The van der Waals surface area contributed by atoms with E-state index >= 15 is 0 Å². The number of sulfonamides is 1. The summed E-state index contributed by atoms with van der Waals surface area (Å²) in [6.07, 6.45) is 0.887. The minimum atomic E-state index is -3.44. The van der Waals surface area contributed by atoms with Gasteiger partial charge in [-0.2, -0.15) is 0 Å². The minimum absolute atomic E-state index is 0.0164. The van der Waals surface area contributed by atoms with E-state index in [1.807, 2.05) is 45.0 Å². The van der Waals surface area contributed by atoms with Crippen LogP contribution in [0.3, 0.4) is 0 Å². The van der Waals surface area contributed by atoms with Gasteiger partial charge < -0.3 is 10.6 Å². The Morgan fingerprint density at radius 2 is 1.75 bits per heavy atom. The number of hydrogen-bond acceptors (Lipinski definition) is 4. The van der Waals surface area contributed by atoms with Crippen molar-refractivity contribution in [3.05, 3.63) is 65.2 Å². The number of para-hydroxylation sites is 1. The molecule has 1 aliphatic rings. The first kappa shape index (κ1) is 23.9. The number of piperidine rings is 1. The summed E-state index contributed by atoms with van der Waals surface area (Å²) in [5.74, 6) is -0.774. The number of rotatable bonds is 7. The molecule has 2 N–H and O–H groups in total. The Morgan fingerprint density at radius 3 is 2.41 bits per heavy atom. The number of nitrogens with one attached hydrogen (secondary N) is 2. The van der Waals surface area contributed by atoms with Gasteiger partial charge in [0.2, 0.25) is 15.9 Å². The number of nitrogens with zero attached hydrogens (tertiary/aromatic N) is 1. The number of carbonyl (C=O) groups is 2. The van der Waals surface area contributed by atoms with Gasteiger partial charge in [-0.25, -0.2) is 12.7 Å². The van der Waals surface area contributed by atoms with Crippen LogP contribution in [0.1, 0.15) is 48.2 Å². The number of aryl methyl sites for hydroxylation is 1. The third-order valence-electron chi connectivity index (χ3n) is 5.50. The Labute approximate surface area is 190 Å². The van der Waals surface area contributed by atoms with Crippen LogP contribution in [-0.2, 0) is 20.6 Å². The normalized spacial score (nSPS) is 15.5. The highest BCUT2D eigenvalue weighted by molar-refractivity contribution is 7.88. The fourth-order valence-corrected chi connectivity index (χ4v) is 5.42. The molecule has 7 nitrogen and oxygen atoms in total. The number of benzene rings is 2. The first-order chi connectivity index (χ1) is 15.2. The molecule has 0 radical (unpaired) electrons. The standard InChI is InChI=1S/C24H31N3O4S/c1-17(2)25-24(29)21-9-4-5-10-22(21)26-23(28)20-11-13-27(14-12-20)32(30,31)16-19-8-6-7-18(3)15-19/h4-10,15,17,20H,11-14,16H2,1-3H3,(H,25,29)(H,26,28). The van der Waals surface area contributed by atoms with Crippen LogP contribution in [-0.4, -0.2) is 43.7 Å². The van der Waals surface area contributed by atoms with E-state index in [-0.39, 0.29) is 29.5 Å². The Bertz CT molecular complexity index is 1070. The first-order valence-electron chi connectivity index (χ1n) is 10.9. The predicted molar refractivity (Wildman–Crippen MR) is 126 cm³/mol. The van der Waals surface area contributed by atoms with Crippen molar-refractivity contribution in [2.75, 3.05) is 18.4 Å². The highest BCUT2D eigenvalue weighted by atomic mass is 32.2. The largest absolute Gasteiger partial charge is 0.350 e. The topological polar surface area (TPSA) is 95.6 Å². The van der Waals surface area contributed by atoms with E-state index in [0.717, 1.165) is 11.1 Å². The number of anilines is 1. The molecule has 0 saturated carbocycles.